The number of benzene rings is 1. The third kappa shape index (κ3) is 1.82. The number of carbonyl (C=O) groups excluding carboxylic acids is 1. The van der Waals surface area contributed by atoms with E-state index in [0.717, 1.165) is 18.4 Å². The molecule has 0 radical (unpaired) electrons. The first-order valence-corrected chi connectivity index (χ1v) is 5.85. The third-order valence-electron chi connectivity index (χ3n) is 3.55. The molecule has 1 aromatic rings. The van der Waals surface area contributed by atoms with Gasteiger partial charge in [-0.25, -0.2) is 4.39 Å². The summed E-state index contributed by atoms with van der Waals surface area (Å²) in [5, 5.41) is 2.97. The largest absolute Gasteiger partial charge is 0.377 e. The van der Waals surface area contributed by atoms with Gasteiger partial charge in [-0.3, -0.25) is 4.79 Å². The van der Waals surface area contributed by atoms with Gasteiger partial charge in [-0.1, -0.05) is 12.1 Å². The van der Waals surface area contributed by atoms with Crippen LogP contribution < -0.4 is 5.32 Å². The molecule has 2 aliphatic rings. The van der Waals surface area contributed by atoms with Crippen LogP contribution >= 0.6 is 0 Å². The number of hydrogen-bond acceptors (Lipinski definition) is 2. The first-order chi connectivity index (χ1) is 8.21. The van der Waals surface area contributed by atoms with Crippen LogP contribution in [0, 0.1) is 5.82 Å². The van der Waals surface area contributed by atoms with Crippen molar-refractivity contribution >= 4 is 5.91 Å². The van der Waals surface area contributed by atoms with E-state index in [0.29, 0.717) is 13.2 Å². The predicted molar refractivity (Wildman–Crippen MR) is 60.1 cm³/mol. The molecule has 1 amide bonds. The smallest absolute Gasteiger partial charge is 0.231 e. The Morgan fingerprint density at radius 3 is 2.41 bits per heavy atom. The van der Waals surface area contributed by atoms with Crippen molar-refractivity contribution < 1.29 is 13.9 Å². The quantitative estimate of drug-likeness (QED) is 0.859. The highest BCUT2D eigenvalue weighted by atomic mass is 19.1. The zero-order chi connectivity index (χ0) is 11.9. The van der Waals surface area contributed by atoms with Crippen LogP contribution in [0.1, 0.15) is 18.4 Å². The van der Waals surface area contributed by atoms with E-state index in [9.17, 15) is 9.18 Å². The van der Waals surface area contributed by atoms with Crippen molar-refractivity contribution in [1.82, 2.24) is 5.32 Å². The van der Waals surface area contributed by atoms with Crippen LogP contribution in [0.3, 0.4) is 0 Å². The molecule has 90 valence electrons. The summed E-state index contributed by atoms with van der Waals surface area (Å²) in [6, 6.07) is 6.39. The summed E-state index contributed by atoms with van der Waals surface area (Å²) in [6.45, 7) is 1.20. The molecule has 1 aromatic carbocycles. The second-order valence-electron chi connectivity index (χ2n) is 4.80. The topological polar surface area (TPSA) is 38.3 Å². The maximum Gasteiger partial charge on any atom is 0.231 e. The lowest BCUT2D eigenvalue weighted by Crippen LogP contribution is -2.51. The minimum atomic E-state index is -0.413. The van der Waals surface area contributed by atoms with Gasteiger partial charge in [-0.05, 0) is 30.5 Å². The fraction of sp³-hybridized carbons (Fsp3) is 0.462. The molecule has 0 unspecified atom stereocenters. The van der Waals surface area contributed by atoms with Crippen molar-refractivity contribution in [2.75, 3.05) is 13.2 Å². The van der Waals surface area contributed by atoms with E-state index in [1.807, 2.05) is 0 Å². The Hall–Kier alpha value is -1.42. The van der Waals surface area contributed by atoms with Crippen molar-refractivity contribution in [3.63, 3.8) is 0 Å². The van der Waals surface area contributed by atoms with Gasteiger partial charge >= 0.3 is 0 Å². The second kappa shape index (κ2) is 3.81. The fourth-order valence-electron chi connectivity index (χ4n) is 2.18. The van der Waals surface area contributed by atoms with E-state index in [4.69, 9.17) is 4.74 Å². The Morgan fingerprint density at radius 2 is 1.94 bits per heavy atom. The monoisotopic (exact) mass is 235 g/mol. The summed E-state index contributed by atoms with van der Waals surface area (Å²) in [5.41, 5.74) is 0.500. The summed E-state index contributed by atoms with van der Waals surface area (Å²) >= 11 is 0. The molecule has 0 bridgehead atoms. The molecule has 1 N–H and O–H groups in total. The summed E-state index contributed by atoms with van der Waals surface area (Å²) in [4.78, 5) is 12.2. The molecule has 0 spiro atoms. The standard InChI is InChI=1S/C13H14FNO2/c14-10-3-1-9(2-4-10)13(5-6-13)12(16)15-11-7-17-8-11/h1-4,11H,5-8H2,(H,15,16). The lowest BCUT2D eigenvalue weighted by molar-refractivity contribution is -0.127. The average molecular weight is 235 g/mol. The van der Waals surface area contributed by atoms with Gasteiger partial charge in [-0.15, -0.1) is 0 Å². The van der Waals surface area contributed by atoms with E-state index in [1.54, 1.807) is 12.1 Å². The van der Waals surface area contributed by atoms with Crippen molar-refractivity contribution in [3.8, 4) is 0 Å². The molecule has 2 fully saturated rings. The normalized spacial score (nSPS) is 21.7. The zero-order valence-corrected chi connectivity index (χ0v) is 9.41. The summed E-state index contributed by atoms with van der Waals surface area (Å²) in [7, 11) is 0. The minimum Gasteiger partial charge on any atom is -0.377 e. The number of halogens is 1. The Morgan fingerprint density at radius 1 is 1.29 bits per heavy atom. The van der Waals surface area contributed by atoms with Crippen LogP contribution in [-0.4, -0.2) is 25.2 Å². The number of rotatable bonds is 3. The van der Waals surface area contributed by atoms with Gasteiger partial charge in [0.25, 0.3) is 0 Å². The summed E-state index contributed by atoms with van der Waals surface area (Å²) in [6.07, 6.45) is 1.69. The third-order valence-corrected chi connectivity index (χ3v) is 3.55. The maximum absolute atomic E-state index is 12.9. The molecule has 0 atom stereocenters. The van der Waals surface area contributed by atoms with Gasteiger partial charge in [0, 0.05) is 0 Å². The molecule has 4 heteroatoms. The first kappa shape index (κ1) is 10.7. The van der Waals surface area contributed by atoms with Crippen LogP contribution in [0.15, 0.2) is 24.3 Å². The molecule has 1 aliphatic carbocycles. The Kier molecular flexibility index (Phi) is 2.40. The van der Waals surface area contributed by atoms with Gasteiger partial charge in [0.05, 0.1) is 24.7 Å². The van der Waals surface area contributed by atoms with E-state index >= 15 is 0 Å². The number of hydrogen-bond donors (Lipinski definition) is 1. The van der Waals surface area contributed by atoms with Crippen LogP contribution in [0.5, 0.6) is 0 Å². The van der Waals surface area contributed by atoms with Crippen LogP contribution in [0.25, 0.3) is 0 Å². The molecule has 0 aromatic heterocycles. The summed E-state index contributed by atoms with van der Waals surface area (Å²) < 4.78 is 17.9. The minimum absolute atomic E-state index is 0.0532. The van der Waals surface area contributed by atoms with E-state index < -0.39 is 5.41 Å². The second-order valence-corrected chi connectivity index (χ2v) is 4.80. The molecule has 1 aliphatic heterocycles. The molecule has 1 saturated carbocycles. The number of ether oxygens (including phenoxy) is 1. The molecule has 3 rings (SSSR count). The zero-order valence-electron chi connectivity index (χ0n) is 9.41. The van der Waals surface area contributed by atoms with Gasteiger partial charge in [-0.2, -0.15) is 0 Å². The SMILES string of the molecule is O=C(NC1COC1)C1(c2ccc(F)cc2)CC1. The molecule has 1 heterocycles. The highest BCUT2D eigenvalue weighted by molar-refractivity contribution is 5.91. The molecule has 17 heavy (non-hydrogen) atoms. The molecular weight excluding hydrogens is 221 g/mol. The Labute approximate surface area is 99.0 Å². The van der Waals surface area contributed by atoms with Crippen LogP contribution in [0.4, 0.5) is 4.39 Å². The number of nitrogens with one attached hydrogen (secondary N) is 1. The molecule has 1 saturated heterocycles. The lowest BCUT2D eigenvalue weighted by Gasteiger charge is -2.29. The van der Waals surface area contributed by atoms with Gasteiger partial charge < -0.3 is 10.1 Å². The first-order valence-electron chi connectivity index (χ1n) is 5.85. The maximum atomic E-state index is 12.9. The van der Waals surface area contributed by atoms with Gasteiger partial charge in [0.2, 0.25) is 5.91 Å². The lowest BCUT2D eigenvalue weighted by atomic mass is 9.94. The van der Waals surface area contributed by atoms with Crippen molar-refractivity contribution in [3.05, 3.63) is 35.6 Å². The highest BCUT2D eigenvalue weighted by Gasteiger charge is 2.51. The van der Waals surface area contributed by atoms with Crippen molar-refractivity contribution in [2.24, 2.45) is 0 Å². The van der Waals surface area contributed by atoms with Crippen LogP contribution in [-0.2, 0) is 14.9 Å². The molecule has 3 nitrogen and oxygen atoms in total. The predicted octanol–water partition coefficient (Wildman–Crippen LogP) is 1.37. The average Bonchev–Trinajstić information content (AvgIpc) is 3.05. The molecular formula is C13H14FNO2. The van der Waals surface area contributed by atoms with Gasteiger partial charge in [0.15, 0.2) is 0 Å². The van der Waals surface area contributed by atoms with E-state index in [2.05, 4.69) is 5.32 Å². The summed E-state index contributed by atoms with van der Waals surface area (Å²) in [5.74, 6) is -0.213. The van der Waals surface area contributed by atoms with E-state index in [1.165, 1.54) is 12.1 Å². The highest BCUT2D eigenvalue weighted by Crippen LogP contribution is 2.48. The Balaban J connectivity index is 1.76. The number of carbonyl (C=O) groups is 1. The number of amides is 1. The van der Waals surface area contributed by atoms with Crippen LogP contribution in [0.2, 0.25) is 0 Å². The van der Waals surface area contributed by atoms with Gasteiger partial charge in [0.1, 0.15) is 5.82 Å². The van der Waals surface area contributed by atoms with Crippen molar-refractivity contribution in [1.29, 1.82) is 0 Å². The Bertz CT molecular complexity index is 435. The van der Waals surface area contributed by atoms with E-state index in [-0.39, 0.29) is 17.8 Å². The van der Waals surface area contributed by atoms with Crippen molar-refractivity contribution in [2.45, 2.75) is 24.3 Å². The fourth-order valence-corrected chi connectivity index (χ4v) is 2.18.